The highest BCUT2D eigenvalue weighted by molar-refractivity contribution is 5.37. The number of hydrogen-bond donors (Lipinski definition) is 2. The number of aliphatic hydroxyl groups is 1. The van der Waals surface area contributed by atoms with Crippen LogP contribution in [0, 0.1) is 11.3 Å². The minimum absolute atomic E-state index is 0.167. The number of phenolic OH excluding ortho intramolecular Hbond substituents is 1. The molecular formula is C14H11NO2. The van der Waals surface area contributed by atoms with E-state index in [1.165, 1.54) is 12.1 Å². The van der Waals surface area contributed by atoms with Gasteiger partial charge in [-0.25, -0.2) is 0 Å². The van der Waals surface area contributed by atoms with Crippen LogP contribution in [0.1, 0.15) is 22.8 Å². The van der Waals surface area contributed by atoms with Crippen LogP contribution >= 0.6 is 0 Å². The molecule has 2 aromatic rings. The standard InChI is InChI=1S/C14H11NO2/c15-9-10-1-3-11(4-2-10)14(17)12-5-7-13(16)8-6-12/h1-8,14,16-17H/t14-/m1/s1. The Labute approximate surface area is 99.2 Å². The van der Waals surface area contributed by atoms with Gasteiger partial charge >= 0.3 is 0 Å². The Bertz CT molecular complexity index is 538. The molecule has 0 aromatic heterocycles. The van der Waals surface area contributed by atoms with Gasteiger partial charge in [0.25, 0.3) is 0 Å². The van der Waals surface area contributed by atoms with Gasteiger partial charge in [-0.2, -0.15) is 5.26 Å². The van der Waals surface area contributed by atoms with E-state index in [1.54, 1.807) is 36.4 Å². The number of hydrogen-bond acceptors (Lipinski definition) is 3. The van der Waals surface area contributed by atoms with Crippen LogP contribution in [-0.2, 0) is 0 Å². The average Bonchev–Trinajstić information content (AvgIpc) is 2.39. The zero-order valence-electron chi connectivity index (χ0n) is 9.04. The molecule has 2 aromatic carbocycles. The van der Waals surface area contributed by atoms with Gasteiger partial charge in [-0.15, -0.1) is 0 Å². The summed E-state index contributed by atoms with van der Waals surface area (Å²) < 4.78 is 0. The Hall–Kier alpha value is -2.31. The highest BCUT2D eigenvalue weighted by atomic mass is 16.3. The smallest absolute Gasteiger partial charge is 0.115 e. The Morgan fingerprint density at radius 2 is 1.35 bits per heavy atom. The van der Waals surface area contributed by atoms with Crippen molar-refractivity contribution in [3.8, 4) is 11.8 Å². The summed E-state index contributed by atoms with van der Waals surface area (Å²) in [6, 6.07) is 15.2. The van der Waals surface area contributed by atoms with Crippen molar-refractivity contribution >= 4 is 0 Å². The number of aliphatic hydroxyl groups excluding tert-OH is 1. The molecule has 2 N–H and O–H groups in total. The molecular weight excluding hydrogens is 214 g/mol. The SMILES string of the molecule is N#Cc1ccc([C@@H](O)c2ccc(O)cc2)cc1. The molecule has 0 aliphatic carbocycles. The Kier molecular flexibility index (Phi) is 3.08. The fourth-order valence-electron chi connectivity index (χ4n) is 1.59. The van der Waals surface area contributed by atoms with Crippen LogP contribution < -0.4 is 0 Å². The number of rotatable bonds is 2. The van der Waals surface area contributed by atoms with Gasteiger partial charge in [0.15, 0.2) is 0 Å². The molecule has 3 nitrogen and oxygen atoms in total. The summed E-state index contributed by atoms with van der Waals surface area (Å²) >= 11 is 0. The first kappa shape index (κ1) is 11.2. The van der Waals surface area contributed by atoms with Crippen molar-refractivity contribution in [1.29, 1.82) is 5.26 Å². The van der Waals surface area contributed by atoms with Gasteiger partial charge in [0, 0.05) is 0 Å². The topological polar surface area (TPSA) is 64.2 Å². The summed E-state index contributed by atoms with van der Waals surface area (Å²) in [5, 5.41) is 27.9. The van der Waals surface area contributed by atoms with E-state index in [0.717, 1.165) is 5.56 Å². The highest BCUT2D eigenvalue weighted by Gasteiger charge is 2.09. The van der Waals surface area contributed by atoms with Crippen molar-refractivity contribution in [2.45, 2.75) is 6.10 Å². The van der Waals surface area contributed by atoms with E-state index in [1.807, 2.05) is 6.07 Å². The largest absolute Gasteiger partial charge is 0.508 e. The Morgan fingerprint density at radius 1 is 0.882 bits per heavy atom. The first-order chi connectivity index (χ1) is 8.20. The summed E-state index contributed by atoms with van der Waals surface area (Å²) in [6.07, 6.45) is -0.747. The van der Waals surface area contributed by atoms with E-state index in [-0.39, 0.29) is 5.75 Å². The van der Waals surface area contributed by atoms with Gasteiger partial charge in [-0.05, 0) is 35.4 Å². The lowest BCUT2D eigenvalue weighted by Gasteiger charge is -2.11. The van der Waals surface area contributed by atoms with E-state index < -0.39 is 6.10 Å². The fraction of sp³-hybridized carbons (Fsp3) is 0.0714. The van der Waals surface area contributed by atoms with Crippen LogP contribution in [0.3, 0.4) is 0 Å². The summed E-state index contributed by atoms with van der Waals surface area (Å²) in [5.74, 6) is 0.167. The van der Waals surface area contributed by atoms with Gasteiger partial charge < -0.3 is 10.2 Å². The predicted octanol–water partition coefficient (Wildman–Crippen LogP) is 2.35. The molecule has 0 amide bonds. The van der Waals surface area contributed by atoms with Crippen LogP contribution in [0.5, 0.6) is 5.75 Å². The lowest BCUT2D eigenvalue weighted by atomic mass is 10.0. The Morgan fingerprint density at radius 3 is 1.82 bits per heavy atom. The van der Waals surface area contributed by atoms with E-state index in [4.69, 9.17) is 10.4 Å². The molecule has 2 rings (SSSR count). The van der Waals surface area contributed by atoms with Crippen LogP contribution in [-0.4, -0.2) is 10.2 Å². The summed E-state index contributed by atoms with van der Waals surface area (Å²) in [6.45, 7) is 0. The molecule has 0 unspecified atom stereocenters. The molecule has 0 heterocycles. The van der Waals surface area contributed by atoms with Crippen molar-refractivity contribution < 1.29 is 10.2 Å². The van der Waals surface area contributed by atoms with Gasteiger partial charge in [0.1, 0.15) is 11.9 Å². The van der Waals surface area contributed by atoms with Crippen molar-refractivity contribution in [1.82, 2.24) is 0 Å². The quantitative estimate of drug-likeness (QED) is 0.824. The zero-order chi connectivity index (χ0) is 12.3. The maximum absolute atomic E-state index is 10.1. The molecule has 0 saturated heterocycles. The van der Waals surface area contributed by atoms with Crippen LogP contribution in [0.25, 0.3) is 0 Å². The summed E-state index contributed by atoms with van der Waals surface area (Å²) in [4.78, 5) is 0. The first-order valence-electron chi connectivity index (χ1n) is 5.18. The third-order valence-electron chi connectivity index (χ3n) is 2.56. The Balaban J connectivity index is 2.27. The predicted molar refractivity (Wildman–Crippen MR) is 63.3 cm³/mol. The number of nitriles is 1. The van der Waals surface area contributed by atoms with Crippen LogP contribution in [0.2, 0.25) is 0 Å². The van der Waals surface area contributed by atoms with Gasteiger partial charge in [0.2, 0.25) is 0 Å². The number of benzene rings is 2. The minimum Gasteiger partial charge on any atom is -0.508 e. The lowest BCUT2D eigenvalue weighted by Crippen LogP contribution is -1.99. The lowest BCUT2D eigenvalue weighted by molar-refractivity contribution is 0.220. The summed E-state index contributed by atoms with van der Waals surface area (Å²) in [5.41, 5.74) is 1.98. The second-order valence-corrected chi connectivity index (χ2v) is 3.73. The molecule has 0 spiro atoms. The number of nitrogens with zero attached hydrogens (tertiary/aromatic N) is 1. The van der Waals surface area contributed by atoms with E-state index in [2.05, 4.69) is 0 Å². The monoisotopic (exact) mass is 225 g/mol. The zero-order valence-corrected chi connectivity index (χ0v) is 9.04. The number of phenols is 1. The molecule has 1 atom stereocenters. The molecule has 0 saturated carbocycles. The van der Waals surface area contributed by atoms with Gasteiger partial charge in [0.05, 0.1) is 11.6 Å². The molecule has 0 fully saturated rings. The van der Waals surface area contributed by atoms with Crippen LogP contribution in [0.4, 0.5) is 0 Å². The maximum Gasteiger partial charge on any atom is 0.115 e. The normalized spacial score (nSPS) is 11.8. The third-order valence-corrected chi connectivity index (χ3v) is 2.56. The third kappa shape index (κ3) is 2.44. The van der Waals surface area contributed by atoms with Crippen molar-refractivity contribution in [2.24, 2.45) is 0 Å². The van der Waals surface area contributed by atoms with Crippen molar-refractivity contribution in [2.75, 3.05) is 0 Å². The molecule has 0 aliphatic heterocycles. The van der Waals surface area contributed by atoms with Crippen LogP contribution in [0.15, 0.2) is 48.5 Å². The maximum atomic E-state index is 10.1. The minimum atomic E-state index is -0.747. The molecule has 0 radical (unpaired) electrons. The second kappa shape index (κ2) is 4.69. The van der Waals surface area contributed by atoms with E-state index in [0.29, 0.717) is 11.1 Å². The van der Waals surface area contributed by atoms with Gasteiger partial charge in [-0.1, -0.05) is 24.3 Å². The van der Waals surface area contributed by atoms with E-state index >= 15 is 0 Å². The molecule has 3 heteroatoms. The number of aromatic hydroxyl groups is 1. The average molecular weight is 225 g/mol. The highest BCUT2D eigenvalue weighted by Crippen LogP contribution is 2.23. The fourth-order valence-corrected chi connectivity index (χ4v) is 1.59. The van der Waals surface area contributed by atoms with E-state index in [9.17, 15) is 5.11 Å². The molecule has 84 valence electrons. The molecule has 0 bridgehead atoms. The summed E-state index contributed by atoms with van der Waals surface area (Å²) in [7, 11) is 0. The molecule has 0 aliphatic rings. The molecule has 17 heavy (non-hydrogen) atoms. The second-order valence-electron chi connectivity index (χ2n) is 3.73. The van der Waals surface area contributed by atoms with Crippen molar-refractivity contribution in [3.05, 3.63) is 65.2 Å². The first-order valence-corrected chi connectivity index (χ1v) is 5.18. The van der Waals surface area contributed by atoms with Gasteiger partial charge in [-0.3, -0.25) is 0 Å². The van der Waals surface area contributed by atoms with Crippen molar-refractivity contribution in [3.63, 3.8) is 0 Å².